The molecule has 0 aliphatic carbocycles. The molecule has 1 fully saturated rings. The molecule has 4 rings (SSSR count). The Labute approximate surface area is 194 Å². The van der Waals surface area contributed by atoms with Gasteiger partial charge in [-0.15, -0.1) is 10.2 Å². The molecule has 0 atom stereocenters. The molecular formula is C20H21N7O6S. The fourth-order valence-electron chi connectivity index (χ4n) is 3.38. The smallest absolute Gasteiger partial charge is 0.360 e. The average molecular weight is 487 g/mol. The van der Waals surface area contributed by atoms with Gasteiger partial charge in [-0.25, -0.2) is 18.2 Å². The minimum absolute atomic E-state index is 0.0333. The van der Waals surface area contributed by atoms with Crippen LogP contribution in [0, 0.1) is 5.92 Å². The summed E-state index contributed by atoms with van der Waals surface area (Å²) in [7, 11) is 1.26. The molecule has 2 N–H and O–H groups in total. The lowest BCUT2D eigenvalue weighted by Crippen LogP contribution is -2.44. The highest BCUT2D eigenvalue weighted by molar-refractivity contribution is 7.92. The molecule has 178 valence electrons. The molecule has 0 saturated carbocycles. The normalized spacial score (nSPS) is 14.7. The number of anilines is 3. The number of aryl methyl sites for hydroxylation is 1. The first-order valence-electron chi connectivity index (χ1n) is 9.98. The topological polar surface area (TPSA) is 167 Å². The quantitative estimate of drug-likeness (QED) is 0.452. The minimum Gasteiger partial charge on any atom is -0.494 e. The second-order valence-corrected chi connectivity index (χ2v) is 9.65. The first-order valence-corrected chi connectivity index (χ1v) is 11.8. The summed E-state index contributed by atoms with van der Waals surface area (Å²) in [6, 6.07) is 6.64. The van der Waals surface area contributed by atoms with Gasteiger partial charge in [-0.2, -0.15) is 5.10 Å². The van der Waals surface area contributed by atoms with Crippen LogP contribution in [0.2, 0.25) is 0 Å². The molecule has 13 nitrogen and oxygen atoms in total. The average Bonchev–Trinajstić information content (AvgIpc) is 3.23. The second kappa shape index (κ2) is 9.05. The summed E-state index contributed by atoms with van der Waals surface area (Å²) in [5, 5.41) is 17.6. The van der Waals surface area contributed by atoms with E-state index in [0.717, 1.165) is 0 Å². The van der Waals surface area contributed by atoms with Gasteiger partial charge in [0.15, 0.2) is 32.9 Å². The number of rotatable bonds is 7. The lowest BCUT2D eigenvalue weighted by atomic mass is 10.1. The van der Waals surface area contributed by atoms with E-state index >= 15 is 0 Å². The van der Waals surface area contributed by atoms with Crippen LogP contribution in [0.25, 0.3) is 11.4 Å². The molecule has 14 heteroatoms. The number of benzene rings is 1. The zero-order chi connectivity index (χ0) is 24.5. The molecule has 1 amide bonds. The zero-order valence-electron chi connectivity index (χ0n) is 18.5. The third-order valence-electron chi connectivity index (χ3n) is 5.03. The molecule has 3 aromatic rings. The standard InChI is InChI=1S/C20H21N7O6S/c1-27-10-21-18(26-27)12-5-4-6-13(17(12)32-2)22-14-7-15(24-25-16(14)20(29)33-3)23-19(28)11-8-34(30,31)9-11/h4-7,10-11H,8-9H2,1-3H3,(H2,22,23,24,28). The molecule has 1 aliphatic heterocycles. The van der Waals surface area contributed by atoms with E-state index in [1.165, 1.54) is 20.3 Å². The number of nitrogens with one attached hydrogen (secondary N) is 2. The first-order chi connectivity index (χ1) is 16.2. The number of amides is 1. The minimum atomic E-state index is -3.17. The maximum absolute atomic E-state index is 12.3. The summed E-state index contributed by atoms with van der Waals surface area (Å²) in [5.74, 6) is -1.47. The number of methoxy groups -OCH3 is 2. The van der Waals surface area contributed by atoms with Crippen LogP contribution >= 0.6 is 0 Å². The third kappa shape index (κ3) is 4.66. The van der Waals surface area contributed by atoms with Gasteiger partial charge in [0.1, 0.15) is 6.33 Å². The van der Waals surface area contributed by atoms with Gasteiger partial charge in [0, 0.05) is 13.1 Å². The van der Waals surface area contributed by atoms with E-state index in [1.807, 2.05) is 0 Å². The SMILES string of the molecule is COC(=O)c1nnc(NC(=O)C2CS(=O)(=O)C2)cc1Nc1cccc(-c2ncn(C)n2)c1OC. The highest BCUT2D eigenvalue weighted by Gasteiger charge is 2.38. The molecule has 1 aliphatic rings. The fourth-order valence-corrected chi connectivity index (χ4v) is 4.81. The molecule has 0 radical (unpaired) electrons. The molecule has 0 bridgehead atoms. The first kappa shape index (κ1) is 23.1. The van der Waals surface area contributed by atoms with Crippen molar-refractivity contribution in [2.75, 3.05) is 36.4 Å². The van der Waals surface area contributed by atoms with Crippen LogP contribution in [0.5, 0.6) is 5.75 Å². The van der Waals surface area contributed by atoms with E-state index in [9.17, 15) is 18.0 Å². The van der Waals surface area contributed by atoms with Gasteiger partial charge in [0.2, 0.25) is 5.91 Å². The maximum atomic E-state index is 12.3. The predicted octanol–water partition coefficient (Wildman–Crippen LogP) is 0.794. The van der Waals surface area contributed by atoms with Crippen molar-refractivity contribution in [3.8, 4) is 17.1 Å². The van der Waals surface area contributed by atoms with Gasteiger partial charge >= 0.3 is 5.97 Å². The number of carbonyl (C=O) groups is 2. The maximum Gasteiger partial charge on any atom is 0.360 e. The zero-order valence-corrected chi connectivity index (χ0v) is 19.3. The third-order valence-corrected chi connectivity index (χ3v) is 6.85. The fraction of sp³-hybridized carbons (Fsp3) is 0.300. The predicted molar refractivity (Wildman–Crippen MR) is 120 cm³/mol. The number of esters is 1. The summed E-state index contributed by atoms with van der Waals surface area (Å²) >= 11 is 0. The van der Waals surface area contributed by atoms with Crippen LogP contribution in [0.1, 0.15) is 10.5 Å². The number of aromatic nitrogens is 5. The Bertz CT molecular complexity index is 1360. The van der Waals surface area contributed by atoms with Crippen molar-refractivity contribution in [1.82, 2.24) is 25.0 Å². The lowest BCUT2D eigenvalue weighted by molar-refractivity contribution is -0.119. The van der Waals surface area contributed by atoms with E-state index < -0.39 is 27.6 Å². The molecule has 0 spiro atoms. The molecule has 34 heavy (non-hydrogen) atoms. The monoisotopic (exact) mass is 487 g/mol. The van der Waals surface area contributed by atoms with Gasteiger partial charge in [0.25, 0.3) is 0 Å². The van der Waals surface area contributed by atoms with Crippen molar-refractivity contribution in [3.63, 3.8) is 0 Å². The van der Waals surface area contributed by atoms with Gasteiger partial charge in [-0.3, -0.25) is 9.48 Å². The van der Waals surface area contributed by atoms with Crippen molar-refractivity contribution in [1.29, 1.82) is 0 Å². The van der Waals surface area contributed by atoms with Crippen LogP contribution in [0.15, 0.2) is 30.6 Å². The van der Waals surface area contributed by atoms with Crippen LogP contribution in [-0.2, 0) is 26.4 Å². The number of carbonyl (C=O) groups excluding carboxylic acids is 2. The second-order valence-electron chi connectivity index (χ2n) is 7.50. The Hall–Kier alpha value is -4.07. The summed E-state index contributed by atoms with van der Waals surface area (Å²) in [4.78, 5) is 28.9. The van der Waals surface area contributed by atoms with E-state index in [2.05, 4.69) is 30.9 Å². The van der Waals surface area contributed by atoms with Crippen molar-refractivity contribution >= 4 is 38.9 Å². The molecule has 1 saturated heterocycles. The highest BCUT2D eigenvalue weighted by atomic mass is 32.2. The lowest BCUT2D eigenvalue weighted by Gasteiger charge is -2.24. The van der Waals surface area contributed by atoms with Gasteiger partial charge in [0.05, 0.1) is 48.6 Å². The number of para-hydroxylation sites is 1. The molecular weight excluding hydrogens is 466 g/mol. The molecule has 3 heterocycles. The molecule has 2 aromatic heterocycles. The van der Waals surface area contributed by atoms with Crippen LogP contribution in [-0.4, -0.2) is 71.0 Å². The molecule has 0 unspecified atom stereocenters. The number of hydrogen-bond acceptors (Lipinski definition) is 11. The van der Waals surface area contributed by atoms with Gasteiger partial charge < -0.3 is 20.1 Å². The van der Waals surface area contributed by atoms with E-state index in [0.29, 0.717) is 22.8 Å². The largest absolute Gasteiger partial charge is 0.494 e. The summed E-state index contributed by atoms with van der Waals surface area (Å²) in [6.45, 7) is 0. The van der Waals surface area contributed by atoms with E-state index in [-0.39, 0.29) is 28.7 Å². The summed E-state index contributed by atoms with van der Waals surface area (Å²) in [6.07, 6.45) is 1.55. The van der Waals surface area contributed by atoms with Crippen molar-refractivity contribution in [3.05, 3.63) is 36.3 Å². The number of hydrogen-bond donors (Lipinski definition) is 2. The highest BCUT2D eigenvalue weighted by Crippen LogP contribution is 2.37. The van der Waals surface area contributed by atoms with Gasteiger partial charge in [-0.05, 0) is 12.1 Å². The van der Waals surface area contributed by atoms with E-state index in [1.54, 1.807) is 36.3 Å². The number of ether oxygens (including phenoxy) is 2. The van der Waals surface area contributed by atoms with E-state index in [4.69, 9.17) is 9.47 Å². The van der Waals surface area contributed by atoms with Crippen molar-refractivity contribution in [2.24, 2.45) is 13.0 Å². The molecule has 1 aromatic carbocycles. The Balaban J connectivity index is 1.67. The Morgan fingerprint density at radius 1 is 1.15 bits per heavy atom. The number of sulfone groups is 1. The van der Waals surface area contributed by atoms with Crippen molar-refractivity contribution < 1.29 is 27.5 Å². The van der Waals surface area contributed by atoms with Gasteiger partial charge in [-0.1, -0.05) is 6.07 Å². The summed E-state index contributed by atoms with van der Waals surface area (Å²) < 4.78 is 34.6. The van der Waals surface area contributed by atoms with Crippen LogP contribution in [0.4, 0.5) is 17.2 Å². The van der Waals surface area contributed by atoms with Crippen molar-refractivity contribution in [2.45, 2.75) is 0 Å². The number of nitrogens with zero attached hydrogens (tertiary/aromatic N) is 5. The Morgan fingerprint density at radius 3 is 2.53 bits per heavy atom. The van der Waals surface area contributed by atoms with Crippen LogP contribution < -0.4 is 15.4 Å². The Morgan fingerprint density at radius 2 is 1.91 bits per heavy atom. The Kier molecular flexibility index (Phi) is 6.15. The van der Waals surface area contributed by atoms with Crippen LogP contribution in [0.3, 0.4) is 0 Å². The summed E-state index contributed by atoms with van der Waals surface area (Å²) in [5.41, 5.74) is 1.13.